The number of amides is 1. The Hall–Kier alpha value is -3.07. The average Bonchev–Trinajstić information content (AvgIpc) is 2.75. The number of para-hydroxylation sites is 2. The zero-order valence-electron chi connectivity index (χ0n) is 16.2. The zero-order valence-corrected chi connectivity index (χ0v) is 16.2. The highest BCUT2D eigenvalue weighted by molar-refractivity contribution is 5.95. The number of nitrogens with zero attached hydrogens (tertiary/aromatic N) is 1. The van der Waals surface area contributed by atoms with E-state index in [0.717, 1.165) is 43.5 Å². The van der Waals surface area contributed by atoms with Gasteiger partial charge in [-0.3, -0.25) is 0 Å². The fraction of sp³-hybridized carbons (Fsp3) is 0.240. The predicted molar refractivity (Wildman–Crippen MR) is 115 cm³/mol. The van der Waals surface area contributed by atoms with Gasteiger partial charge in [0.25, 0.3) is 0 Å². The van der Waals surface area contributed by atoms with Gasteiger partial charge in [0.15, 0.2) is 0 Å². The van der Waals surface area contributed by atoms with Gasteiger partial charge in [-0.25, -0.2) is 9.69 Å². The van der Waals surface area contributed by atoms with E-state index in [-0.39, 0.29) is 6.09 Å². The fourth-order valence-corrected chi connectivity index (χ4v) is 3.17. The molecule has 28 heavy (non-hydrogen) atoms. The SMILES string of the molecule is O=C(OCCCCCCc1ccccc1)N(c1ccccc1)c1ccccc1. The number of carbonyl (C=O) groups excluding carboxylic acids is 1. The van der Waals surface area contributed by atoms with Gasteiger partial charge in [-0.2, -0.15) is 0 Å². The Balaban J connectivity index is 1.44. The molecule has 0 spiro atoms. The van der Waals surface area contributed by atoms with Crippen molar-refractivity contribution in [1.82, 2.24) is 0 Å². The van der Waals surface area contributed by atoms with E-state index < -0.39 is 0 Å². The molecule has 0 heterocycles. The van der Waals surface area contributed by atoms with Crippen LogP contribution in [0, 0.1) is 0 Å². The van der Waals surface area contributed by atoms with Crippen LogP contribution in [-0.4, -0.2) is 12.7 Å². The average molecular weight is 373 g/mol. The van der Waals surface area contributed by atoms with Crippen molar-refractivity contribution in [2.45, 2.75) is 32.1 Å². The van der Waals surface area contributed by atoms with Gasteiger partial charge in [0.05, 0.1) is 18.0 Å². The summed E-state index contributed by atoms with van der Waals surface area (Å²) in [6.07, 6.45) is 5.04. The lowest BCUT2D eigenvalue weighted by molar-refractivity contribution is 0.154. The highest BCUT2D eigenvalue weighted by atomic mass is 16.6. The van der Waals surface area contributed by atoms with Gasteiger partial charge in [0.1, 0.15) is 0 Å². The topological polar surface area (TPSA) is 29.5 Å². The van der Waals surface area contributed by atoms with Gasteiger partial charge < -0.3 is 4.74 Å². The second kappa shape index (κ2) is 10.9. The molecule has 144 valence electrons. The van der Waals surface area contributed by atoms with Crippen LogP contribution in [0.4, 0.5) is 16.2 Å². The molecule has 0 aliphatic carbocycles. The number of hydrogen-bond acceptors (Lipinski definition) is 2. The minimum atomic E-state index is -0.332. The molecular weight excluding hydrogens is 346 g/mol. The van der Waals surface area contributed by atoms with Crippen molar-refractivity contribution >= 4 is 17.5 Å². The molecule has 0 aromatic heterocycles. The number of unbranched alkanes of at least 4 members (excludes halogenated alkanes) is 3. The van der Waals surface area contributed by atoms with Crippen molar-refractivity contribution in [3.63, 3.8) is 0 Å². The van der Waals surface area contributed by atoms with E-state index in [1.807, 2.05) is 66.7 Å². The fourth-order valence-electron chi connectivity index (χ4n) is 3.17. The molecule has 3 heteroatoms. The first kappa shape index (κ1) is 19.7. The molecule has 3 aromatic carbocycles. The van der Waals surface area contributed by atoms with E-state index in [9.17, 15) is 4.79 Å². The molecular formula is C25H27NO2. The third-order valence-corrected chi connectivity index (χ3v) is 4.64. The van der Waals surface area contributed by atoms with Gasteiger partial charge in [-0.05, 0) is 49.1 Å². The first-order valence-corrected chi connectivity index (χ1v) is 9.95. The van der Waals surface area contributed by atoms with E-state index in [0.29, 0.717) is 6.61 Å². The first-order chi connectivity index (χ1) is 13.8. The number of anilines is 2. The largest absolute Gasteiger partial charge is 0.449 e. The van der Waals surface area contributed by atoms with Gasteiger partial charge in [-0.1, -0.05) is 79.6 Å². The van der Waals surface area contributed by atoms with Crippen LogP contribution in [0.1, 0.15) is 31.2 Å². The number of hydrogen-bond donors (Lipinski definition) is 0. The summed E-state index contributed by atoms with van der Waals surface area (Å²) in [5, 5.41) is 0. The molecule has 0 saturated carbocycles. The monoisotopic (exact) mass is 373 g/mol. The summed E-state index contributed by atoms with van der Waals surface area (Å²) in [7, 11) is 0. The molecule has 3 nitrogen and oxygen atoms in total. The minimum absolute atomic E-state index is 0.332. The molecule has 0 aliphatic rings. The first-order valence-electron chi connectivity index (χ1n) is 9.95. The van der Waals surface area contributed by atoms with Crippen molar-refractivity contribution < 1.29 is 9.53 Å². The summed E-state index contributed by atoms with van der Waals surface area (Å²) in [5.74, 6) is 0. The molecule has 0 N–H and O–H groups in total. The van der Waals surface area contributed by atoms with Crippen molar-refractivity contribution in [3.8, 4) is 0 Å². The highest BCUT2D eigenvalue weighted by Crippen LogP contribution is 2.25. The number of ether oxygens (including phenoxy) is 1. The van der Waals surface area contributed by atoms with Crippen molar-refractivity contribution in [1.29, 1.82) is 0 Å². The third-order valence-electron chi connectivity index (χ3n) is 4.64. The van der Waals surface area contributed by atoms with Crippen LogP contribution in [0.5, 0.6) is 0 Å². The number of aryl methyl sites for hydroxylation is 1. The molecule has 3 rings (SSSR count). The van der Waals surface area contributed by atoms with Crippen LogP contribution in [0.2, 0.25) is 0 Å². The van der Waals surface area contributed by atoms with Gasteiger partial charge in [0, 0.05) is 0 Å². The Bertz CT molecular complexity index is 779. The maximum Gasteiger partial charge on any atom is 0.418 e. The predicted octanol–water partition coefficient (Wildman–Crippen LogP) is 6.76. The molecule has 0 atom stereocenters. The van der Waals surface area contributed by atoms with Crippen molar-refractivity contribution in [3.05, 3.63) is 96.6 Å². The van der Waals surface area contributed by atoms with Crippen molar-refractivity contribution in [2.75, 3.05) is 11.5 Å². The van der Waals surface area contributed by atoms with Crippen LogP contribution >= 0.6 is 0 Å². The van der Waals surface area contributed by atoms with Gasteiger partial charge in [0.2, 0.25) is 0 Å². The Labute approximate surface area is 167 Å². The van der Waals surface area contributed by atoms with E-state index in [2.05, 4.69) is 24.3 Å². The van der Waals surface area contributed by atoms with Crippen LogP contribution in [0.15, 0.2) is 91.0 Å². The van der Waals surface area contributed by atoms with Gasteiger partial charge in [-0.15, -0.1) is 0 Å². The summed E-state index contributed by atoms with van der Waals surface area (Å²) in [5.41, 5.74) is 3.00. The molecule has 3 aromatic rings. The second-order valence-corrected chi connectivity index (χ2v) is 6.77. The summed E-state index contributed by atoms with van der Waals surface area (Å²) in [6, 6.07) is 29.8. The Morgan fingerprint density at radius 2 is 1.14 bits per heavy atom. The molecule has 0 aliphatic heterocycles. The molecule has 0 radical (unpaired) electrons. The summed E-state index contributed by atoms with van der Waals surface area (Å²) in [4.78, 5) is 14.3. The van der Waals surface area contributed by atoms with Crippen LogP contribution in [0.25, 0.3) is 0 Å². The van der Waals surface area contributed by atoms with E-state index >= 15 is 0 Å². The summed E-state index contributed by atoms with van der Waals surface area (Å²) < 4.78 is 5.56. The summed E-state index contributed by atoms with van der Waals surface area (Å²) in [6.45, 7) is 0.445. The van der Waals surface area contributed by atoms with Crippen LogP contribution < -0.4 is 4.90 Å². The third kappa shape index (κ3) is 5.98. The lowest BCUT2D eigenvalue weighted by Gasteiger charge is -2.22. The molecule has 0 bridgehead atoms. The standard InChI is InChI=1S/C25H27NO2/c27-25(28-21-13-2-1-6-14-22-15-7-3-8-16-22)26(23-17-9-4-10-18-23)24-19-11-5-12-20-24/h3-5,7-12,15-20H,1-2,6,13-14,21H2. The van der Waals surface area contributed by atoms with E-state index in [4.69, 9.17) is 4.74 Å². The van der Waals surface area contributed by atoms with E-state index in [1.165, 1.54) is 5.56 Å². The molecule has 0 fully saturated rings. The molecule has 0 saturated heterocycles. The molecule has 1 amide bonds. The lowest BCUT2D eigenvalue weighted by Crippen LogP contribution is -2.27. The van der Waals surface area contributed by atoms with Crippen LogP contribution in [-0.2, 0) is 11.2 Å². The van der Waals surface area contributed by atoms with Crippen LogP contribution in [0.3, 0.4) is 0 Å². The highest BCUT2D eigenvalue weighted by Gasteiger charge is 2.18. The Morgan fingerprint density at radius 1 is 0.643 bits per heavy atom. The minimum Gasteiger partial charge on any atom is -0.449 e. The summed E-state index contributed by atoms with van der Waals surface area (Å²) >= 11 is 0. The number of rotatable bonds is 9. The van der Waals surface area contributed by atoms with Gasteiger partial charge >= 0.3 is 6.09 Å². The maximum atomic E-state index is 12.7. The lowest BCUT2D eigenvalue weighted by atomic mass is 10.1. The quantitative estimate of drug-likeness (QED) is 0.388. The normalized spacial score (nSPS) is 10.4. The van der Waals surface area contributed by atoms with E-state index in [1.54, 1.807) is 4.90 Å². The zero-order chi connectivity index (χ0) is 19.4. The molecule has 0 unspecified atom stereocenters. The van der Waals surface area contributed by atoms with Crippen molar-refractivity contribution in [2.24, 2.45) is 0 Å². The second-order valence-electron chi connectivity index (χ2n) is 6.77. The Morgan fingerprint density at radius 3 is 1.71 bits per heavy atom. The Kier molecular flexibility index (Phi) is 7.68. The smallest absolute Gasteiger partial charge is 0.418 e. The number of benzene rings is 3. The maximum absolute atomic E-state index is 12.7. The number of carbonyl (C=O) groups is 1.